The number of halogens is 3. The van der Waals surface area contributed by atoms with E-state index < -0.39 is 17.7 Å². The first-order valence-corrected chi connectivity index (χ1v) is 6.81. The number of hydrogen-bond donors (Lipinski definition) is 1. The predicted octanol–water partition coefficient (Wildman–Crippen LogP) is 1.65. The summed E-state index contributed by atoms with van der Waals surface area (Å²) in [5, 5.41) is 2.14. The summed E-state index contributed by atoms with van der Waals surface area (Å²) < 4.78 is 47.1. The maximum absolute atomic E-state index is 12.4. The van der Waals surface area contributed by atoms with Gasteiger partial charge in [-0.25, -0.2) is 0 Å². The highest BCUT2D eigenvalue weighted by Crippen LogP contribution is 2.42. The molecule has 7 heteroatoms. The Morgan fingerprint density at radius 2 is 1.95 bits per heavy atom. The number of carbonyl (C=O) groups excluding carboxylic acids is 1. The monoisotopic (exact) mass is 302 g/mol. The van der Waals surface area contributed by atoms with Crippen LogP contribution in [0.15, 0.2) is 18.2 Å². The second kappa shape index (κ2) is 4.91. The third kappa shape index (κ3) is 2.83. The van der Waals surface area contributed by atoms with Gasteiger partial charge in [-0.1, -0.05) is 6.07 Å². The molecule has 0 aromatic heterocycles. The molecule has 0 radical (unpaired) electrons. The number of benzene rings is 1. The first-order valence-electron chi connectivity index (χ1n) is 6.81. The zero-order chi connectivity index (χ0) is 15.1. The average molecular weight is 302 g/mol. The van der Waals surface area contributed by atoms with E-state index in [2.05, 4.69) is 10.1 Å². The molecule has 0 amide bonds. The lowest BCUT2D eigenvalue weighted by Gasteiger charge is -2.39. The zero-order valence-electron chi connectivity index (χ0n) is 11.2. The van der Waals surface area contributed by atoms with Gasteiger partial charge in [0.25, 0.3) is 0 Å². The van der Waals surface area contributed by atoms with E-state index in [1.807, 2.05) is 0 Å². The summed E-state index contributed by atoms with van der Waals surface area (Å²) in [6, 6.07) is 4.07. The molecule has 1 aromatic rings. The highest BCUT2D eigenvalue weighted by Gasteiger charge is 2.44. The maximum Gasteiger partial charge on any atom is 0.573 e. The Hall–Kier alpha value is -1.76. The third-order valence-corrected chi connectivity index (χ3v) is 3.91. The standard InChI is InChI=1S/C14H14F3NO3/c15-14(16,17)21-11-3-1-2-10-12(11)9(19)8-13(20-10)4-6-18-7-5-13/h1-3,18H,4-8H2/p+1. The Bertz CT molecular complexity index is 565. The molecule has 114 valence electrons. The molecule has 2 heterocycles. The van der Waals surface area contributed by atoms with Crippen molar-refractivity contribution in [3.05, 3.63) is 23.8 Å². The Labute approximate surface area is 119 Å². The largest absolute Gasteiger partial charge is 0.573 e. The van der Waals surface area contributed by atoms with E-state index in [4.69, 9.17) is 4.74 Å². The van der Waals surface area contributed by atoms with Gasteiger partial charge in [-0.15, -0.1) is 13.2 Å². The van der Waals surface area contributed by atoms with Crippen molar-refractivity contribution in [2.24, 2.45) is 0 Å². The van der Waals surface area contributed by atoms with Crippen LogP contribution < -0.4 is 14.8 Å². The molecule has 1 aromatic carbocycles. The van der Waals surface area contributed by atoms with Crippen LogP contribution in [0.3, 0.4) is 0 Å². The summed E-state index contributed by atoms with van der Waals surface area (Å²) >= 11 is 0. The van der Waals surface area contributed by atoms with Crippen molar-refractivity contribution in [2.75, 3.05) is 13.1 Å². The fourth-order valence-corrected chi connectivity index (χ4v) is 3.01. The van der Waals surface area contributed by atoms with Gasteiger partial charge in [-0.3, -0.25) is 4.79 Å². The second-order valence-corrected chi connectivity index (χ2v) is 5.43. The Morgan fingerprint density at radius 1 is 1.24 bits per heavy atom. The highest BCUT2D eigenvalue weighted by atomic mass is 19.4. The van der Waals surface area contributed by atoms with E-state index in [9.17, 15) is 18.0 Å². The molecule has 0 bridgehead atoms. The molecule has 0 saturated carbocycles. The molecule has 2 N–H and O–H groups in total. The molecule has 0 aliphatic carbocycles. The highest BCUT2D eigenvalue weighted by molar-refractivity contribution is 6.02. The van der Waals surface area contributed by atoms with Crippen molar-refractivity contribution in [2.45, 2.75) is 31.2 Å². The second-order valence-electron chi connectivity index (χ2n) is 5.43. The van der Waals surface area contributed by atoms with Crippen LogP contribution in [0.1, 0.15) is 29.6 Å². The summed E-state index contributed by atoms with van der Waals surface area (Å²) in [5.74, 6) is -0.643. The zero-order valence-corrected chi connectivity index (χ0v) is 11.2. The van der Waals surface area contributed by atoms with E-state index in [1.54, 1.807) is 0 Å². The molecule has 0 atom stereocenters. The van der Waals surface area contributed by atoms with Crippen LogP contribution in [0.4, 0.5) is 13.2 Å². The molecule has 0 unspecified atom stereocenters. The van der Waals surface area contributed by atoms with E-state index in [1.165, 1.54) is 12.1 Å². The van der Waals surface area contributed by atoms with Crippen molar-refractivity contribution in [3.63, 3.8) is 0 Å². The van der Waals surface area contributed by atoms with E-state index in [0.29, 0.717) is 12.8 Å². The Balaban J connectivity index is 1.95. The van der Waals surface area contributed by atoms with E-state index >= 15 is 0 Å². The molecule has 1 spiro atoms. The Kier molecular flexibility index (Phi) is 3.32. The van der Waals surface area contributed by atoms with Crippen LogP contribution >= 0.6 is 0 Å². The number of piperidine rings is 1. The van der Waals surface area contributed by atoms with Gasteiger partial charge in [-0.05, 0) is 12.1 Å². The van der Waals surface area contributed by atoms with Crippen LogP contribution in [0.5, 0.6) is 11.5 Å². The lowest BCUT2D eigenvalue weighted by Crippen LogP contribution is -2.88. The number of hydrogen-bond acceptors (Lipinski definition) is 3. The lowest BCUT2D eigenvalue weighted by atomic mass is 9.83. The summed E-state index contributed by atoms with van der Waals surface area (Å²) in [6.07, 6.45) is -3.30. The topological polar surface area (TPSA) is 52.1 Å². The fourth-order valence-electron chi connectivity index (χ4n) is 3.01. The minimum absolute atomic E-state index is 0.102. The summed E-state index contributed by atoms with van der Waals surface area (Å²) in [6.45, 7) is 1.70. The molecule has 4 nitrogen and oxygen atoms in total. The van der Waals surface area contributed by atoms with Crippen molar-refractivity contribution >= 4 is 5.78 Å². The number of fused-ring (bicyclic) bond motifs is 1. The van der Waals surface area contributed by atoms with Crippen LogP contribution in [0, 0.1) is 0 Å². The first kappa shape index (κ1) is 14.2. The summed E-state index contributed by atoms with van der Waals surface area (Å²) in [5.41, 5.74) is -0.676. The maximum atomic E-state index is 12.4. The van der Waals surface area contributed by atoms with Crippen LogP contribution in [0.2, 0.25) is 0 Å². The van der Waals surface area contributed by atoms with Gasteiger partial charge < -0.3 is 14.8 Å². The molecular weight excluding hydrogens is 287 g/mol. The Morgan fingerprint density at radius 3 is 2.62 bits per heavy atom. The number of quaternary nitrogens is 1. The van der Waals surface area contributed by atoms with Gasteiger partial charge in [0, 0.05) is 12.8 Å². The molecule has 3 rings (SSSR count). The van der Waals surface area contributed by atoms with Crippen LogP contribution in [0.25, 0.3) is 0 Å². The minimum Gasteiger partial charge on any atom is -0.485 e. The fraction of sp³-hybridized carbons (Fsp3) is 0.500. The van der Waals surface area contributed by atoms with Crippen LogP contribution in [-0.2, 0) is 0 Å². The van der Waals surface area contributed by atoms with Gasteiger partial charge >= 0.3 is 6.36 Å². The molecule has 2 aliphatic rings. The minimum atomic E-state index is -4.83. The first-order chi connectivity index (χ1) is 9.89. The summed E-state index contributed by atoms with van der Waals surface area (Å²) in [7, 11) is 0. The van der Waals surface area contributed by atoms with Gasteiger partial charge in [-0.2, -0.15) is 0 Å². The van der Waals surface area contributed by atoms with Crippen molar-refractivity contribution < 1.29 is 32.8 Å². The van der Waals surface area contributed by atoms with Crippen molar-refractivity contribution in [1.29, 1.82) is 0 Å². The normalized spacial score (nSPS) is 20.8. The van der Waals surface area contributed by atoms with Gasteiger partial charge in [0.05, 0.1) is 19.5 Å². The number of nitrogens with two attached hydrogens (primary N) is 1. The molecule has 21 heavy (non-hydrogen) atoms. The third-order valence-electron chi connectivity index (χ3n) is 3.91. The number of rotatable bonds is 1. The molecule has 1 saturated heterocycles. The van der Waals surface area contributed by atoms with Crippen molar-refractivity contribution in [3.8, 4) is 11.5 Å². The SMILES string of the molecule is O=C1CC2(CC[NH2+]CC2)Oc2cccc(OC(F)(F)F)c21. The number of ketones is 1. The lowest BCUT2D eigenvalue weighted by molar-refractivity contribution is -0.667. The average Bonchev–Trinajstić information content (AvgIpc) is 2.37. The smallest absolute Gasteiger partial charge is 0.485 e. The number of alkyl halides is 3. The quantitative estimate of drug-likeness (QED) is 0.858. The molecule has 1 fully saturated rings. The number of Topliss-reactive ketones (excluding diaryl/α,β-unsaturated/α-hetero) is 1. The van der Waals surface area contributed by atoms with E-state index in [-0.39, 0.29) is 23.5 Å². The van der Waals surface area contributed by atoms with Gasteiger partial charge in [0.2, 0.25) is 0 Å². The number of carbonyl (C=O) groups is 1. The van der Waals surface area contributed by atoms with E-state index in [0.717, 1.165) is 19.2 Å². The van der Waals surface area contributed by atoms with Crippen molar-refractivity contribution in [1.82, 2.24) is 0 Å². The van der Waals surface area contributed by atoms with Crippen LogP contribution in [-0.4, -0.2) is 30.8 Å². The van der Waals surface area contributed by atoms with Gasteiger partial charge in [0.1, 0.15) is 22.7 Å². The molecule has 2 aliphatic heterocycles. The number of ether oxygens (including phenoxy) is 2. The van der Waals surface area contributed by atoms with Gasteiger partial charge in [0.15, 0.2) is 5.78 Å². The molecular formula is C14H15F3NO3+. The predicted molar refractivity (Wildman–Crippen MR) is 66.3 cm³/mol. The summed E-state index contributed by atoms with van der Waals surface area (Å²) in [4.78, 5) is 12.3.